The number of methoxy groups -OCH3 is 1. The Hall–Kier alpha value is -1.01. The molecule has 1 atom stereocenters. The Labute approximate surface area is 121 Å². The van der Waals surface area contributed by atoms with Gasteiger partial charge in [0.15, 0.2) is 0 Å². The number of rotatable bonds is 4. The van der Waals surface area contributed by atoms with Gasteiger partial charge in [-0.1, -0.05) is 0 Å². The summed E-state index contributed by atoms with van der Waals surface area (Å²) in [5, 5.41) is 3.98. The highest BCUT2D eigenvalue weighted by atomic mass is 32.2. The molecule has 1 aliphatic heterocycles. The molecule has 0 saturated carbocycles. The molecule has 0 spiro atoms. The van der Waals surface area contributed by atoms with Gasteiger partial charge in [0.05, 0.1) is 24.0 Å². The highest BCUT2D eigenvalue weighted by Gasteiger charge is 2.14. The van der Waals surface area contributed by atoms with Gasteiger partial charge in [-0.3, -0.25) is 0 Å². The highest BCUT2D eigenvalue weighted by molar-refractivity contribution is 8.06. The van der Waals surface area contributed by atoms with Crippen molar-refractivity contribution in [3.05, 3.63) is 23.8 Å². The fourth-order valence-electron chi connectivity index (χ4n) is 1.85. The Bertz CT molecular complexity index is 448. The molecule has 1 saturated heterocycles. The van der Waals surface area contributed by atoms with Gasteiger partial charge in [-0.15, -0.1) is 0 Å². The molecule has 0 amide bonds. The maximum Gasteiger partial charge on any atom is 0.337 e. The molecule has 2 rings (SSSR count). The number of hydrogen-bond donors (Lipinski definition) is 2. The van der Waals surface area contributed by atoms with Crippen LogP contribution >= 0.6 is 23.5 Å². The zero-order chi connectivity index (χ0) is 13.7. The van der Waals surface area contributed by atoms with Crippen molar-refractivity contribution < 1.29 is 9.53 Å². The molecular weight excluding hydrogens is 280 g/mol. The van der Waals surface area contributed by atoms with Crippen LogP contribution in [-0.2, 0) is 4.74 Å². The number of ether oxygens (including phenoxy) is 1. The normalized spacial score (nSPS) is 18.9. The van der Waals surface area contributed by atoms with Crippen molar-refractivity contribution in [2.24, 2.45) is 0 Å². The predicted molar refractivity (Wildman–Crippen MR) is 84.3 cm³/mol. The van der Waals surface area contributed by atoms with Crippen molar-refractivity contribution in [3.63, 3.8) is 0 Å². The number of esters is 1. The summed E-state index contributed by atoms with van der Waals surface area (Å²) < 4.78 is 4.67. The van der Waals surface area contributed by atoms with Gasteiger partial charge < -0.3 is 15.8 Å². The number of nitrogens with one attached hydrogen (secondary N) is 1. The van der Waals surface area contributed by atoms with Gasteiger partial charge in [0.1, 0.15) is 0 Å². The molecular formula is C13H18N2O2S2. The number of nitrogen functional groups attached to an aromatic ring is 1. The number of nitrogens with two attached hydrogens (primary N) is 1. The summed E-state index contributed by atoms with van der Waals surface area (Å²) in [5.74, 6) is 3.28. The molecule has 0 aliphatic carbocycles. The lowest BCUT2D eigenvalue weighted by Crippen LogP contribution is -2.23. The summed E-state index contributed by atoms with van der Waals surface area (Å²) in [6.45, 7) is 0.902. The van der Waals surface area contributed by atoms with Crippen LogP contribution in [0.15, 0.2) is 18.2 Å². The summed E-state index contributed by atoms with van der Waals surface area (Å²) in [7, 11) is 1.36. The molecule has 0 radical (unpaired) electrons. The Morgan fingerprint density at radius 1 is 1.53 bits per heavy atom. The van der Waals surface area contributed by atoms with Gasteiger partial charge in [-0.05, 0) is 18.2 Å². The van der Waals surface area contributed by atoms with E-state index in [9.17, 15) is 4.79 Å². The van der Waals surface area contributed by atoms with Gasteiger partial charge in [-0.25, -0.2) is 4.79 Å². The molecule has 6 heteroatoms. The van der Waals surface area contributed by atoms with E-state index in [1.807, 2.05) is 29.6 Å². The van der Waals surface area contributed by atoms with Gasteiger partial charge in [-0.2, -0.15) is 23.5 Å². The molecule has 1 aromatic carbocycles. The molecule has 19 heavy (non-hydrogen) atoms. The second kappa shape index (κ2) is 6.96. The van der Waals surface area contributed by atoms with Crippen molar-refractivity contribution in [2.45, 2.75) is 5.25 Å². The molecule has 104 valence electrons. The summed E-state index contributed by atoms with van der Waals surface area (Å²) in [5.41, 5.74) is 7.89. The average Bonchev–Trinajstić information content (AvgIpc) is 2.46. The van der Waals surface area contributed by atoms with E-state index in [0.29, 0.717) is 16.5 Å². The largest absolute Gasteiger partial charge is 0.465 e. The number of carbonyl (C=O) groups is 1. The van der Waals surface area contributed by atoms with Crippen LogP contribution in [-0.4, -0.2) is 42.1 Å². The summed E-state index contributed by atoms with van der Waals surface area (Å²) in [4.78, 5) is 11.4. The number of benzene rings is 1. The highest BCUT2D eigenvalue weighted by Crippen LogP contribution is 2.26. The Morgan fingerprint density at radius 3 is 3.00 bits per heavy atom. The van der Waals surface area contributed by atoms with E-state index in [1.54, 1.807) is 12.1 Å². The van der Waals surface area contributed by atoms with E-state index < -0.39 is 0 Å². The molecule has 1 fully saturated rings. The quantitative estimate of drug-likeness (QED) is 0.657. The van der Waals surface area contributed by atoms with E-state index in [2.05, 4.69) is 10.1 Å². The lowest BCUT2D eigenvalue weighted by atomic mass is 10.1. The Kier molecular flexibility index (Phi) is 5.27. The number of carbonyl (C=O) groups excluding carboxylic acids is 1. The predicted octanol–water partition coefficient (Wildman–Crippen LogP) is 2.32. The summed E-state index contributed by atoms with van der Waals surface area (Å²) in [6, 6.07) is 5.21. The third-order valence-electron chi connectivity index (χ3n) is 2.88. The van der Waals surface area contributed by atoms with Crippen LogP contribution in [0.4, 0.5) is 11.4 Å². The van der Waals surface area contributed by atoms with Crippen molar-refractivity contribution >= 4 is 40.9 Å². The first-order valence-electron chi connectivity index (χ1n) is 6.11. The van der Waals surface area contributed by atoms with Gasteiger partial charge >= 0.3 is 5.97 Å². The minimum absolute atomic E-state index is 0.363. The first-order chi connectivity index (χ1) is 9.20. The summed E-state index contributed by atoms with van der Waals surface area (Å²) in [6.07, 6.45) is 0. The lowest BCUT2D eigenvalue weighted by molar-refractivity contribution is 0.0601. The van der Waals surface area contributed by atoms with Crippen LogP contribution in [0.3, 0.4) is 0 Å². The van der Waals surface area contributed by atoms with E-state index in [4.69, 9.17) is 5.73 Å². The number of anilines is 2. The Morgan fingerprint density at radius 2 is 2.37 bits per heavy atom. The van der Waals surface area contributed by atoms with E-state index in [1.165, 1.54) is 24.4 Å². The SMILES string of the molecule is COC(=O)c1ccc(NCC2CSCCS2)c(N)c1. The topological polar surface area (TPSA) is 64.3 Å². The molecule has 1 aliphatic rings. The number of hydrogen-bond acceptors (Lipinski definition) is 6. The molecule has 4 nitrogen and oxygen atoms in total. The van der Waals surface area contributed by atoms with E-state index in [-0.39, 0.29) is 5.97 Å². The Balaban J connectivity index is 1.95. The minimum Gasteiger partial charge on any atom is -0.465 e. The van der Waals surface area contributed by atoms with E-state index >= 15 is 0 Å². The second-order valence-electron chi connectivity index (χ2n) is 4.24. The zero-order valence-corrected chi connectivity index (χ0v) is 12.5. The zero-order valence-electron chi connectivity index (χ0n) is 10.8. The lowest BCUT2D eigenvalue weighted by Gasteiger charge is -2.22. The smallest absolute Gasteiger partial charge is 0.337 e. The minimum atomic E-state index is -0.363. The maximum absolute atomic E-state index is 11.4. The monoisotopic (exact) mass is 298 g/mol. The first kappa shape index (κ1) is 14.4. The molecule has 1 aromatic rings. The van der Waals surface area contributed by atoms with Crippen molar-refractivity contribution in [2.75, 3.05) is 42.0 Å². The standard InChI is InChI=1S/C13H18N2O2S2/c1-17-13(16)9-2-3-12(11(14)6-9)15-7-10-8-18-4-5-19-10/h2-3,6,10,15H,4-5,7-8,14H2,1H3. The van der Waals surface area contributed by atoms with Gasteiger partial charge in [0.2, 0.25) is 0 Å². The first-order valence-corrected chi connectivity index (χ1v) is 8.32. The van der Waals surface area contributed by atoms with Crippen LogP contribution in [0.2, 0.25) is 0 Å². The average molecular weight is 298 g/mol. The van der Waals surface area contributed by atoms with Gasteiger partial charge in [0.25, 0.3) is 0 Å². The third-order valence-corrected chi connectivity index (χ3v) is 5.72. The van der Waals surface area contributed by atoms with E-state index in [0.717, 1.165) is 12.2 Å². The molecule has 0 bridgehead atoms. The van der Waals surface area contributed by atoms with Crippen LogP contribution in [0.1, 0.15) is 10.4 Å². The van der Waals surface area contributed by atoms with Crippen LogP contribution < -0.4 is 11.1 Å². The van der Waals surface area contributed by atoms with Crippen molar-refractivity contribution in [1.82, 2.24) is 0 Å². The fourth-order valence-corrected chi connectivity index (χ4v) is 4.46. The van der Waals surface area contributed by atoms with Crippen LogP contribution in [0.5, 0.6) is 0 Å². The fraction of sp³-hybridized carbons (Fsp3) is 0.462. The molecule has 0 aromatic heterocycles. The summed E-state index contributed by atoms with van der Waals surface area (Å²) >= 11 is 4.00. The van der Waals surface area contributed by atoms with Crippen molar-refractivity contribution in [1.29, 1.82) is 0 Å². The van der Waals surface area contributed by atoms with Gasteiger partial charge in [0, 0.05) is 29.1 Å². The van der Waals surface area contributed by atoms with Crippen LogP contribution in [0.25, 0.3) is 0 Å². The second-order valence-corrected chi connectivity index (χ2v) is 6.80. The maximum atomic E-state index is 11.4. The van der Waals surface area contributed by atoms with Crippen molar-refractivity contribution in [3.8, 4) is 0 Å². The number of thioether (sulfide) groups is 2. The molecule has 1 unspecified atom stereocenters. The van der Waals surface area contributed by atoms with Crippen LogP contribution in [0, 0.1) is 0 Å². The third kappa shape index (κ3) is 3.98. The molecule has 3 N–H and O–H groups in total. The molecule has 1 heterocycles.